The Morgan fingerprint density at radius 2 is 1.32 bits per heavy atom. The van der Waals surface area contributed by atoms with Crippen molar-refractivity contribution in [2.75, 3.05) is 75.2 Å². The molecule has 0 aliphatic heterocycles. The van der Waals surface area contributed by atoms with Crippen molar-refractivity contribution in [2.24, 2.45) is 0 Å². The fraction of sp³-hybridized carbons (Fsp3) is 0.500. The van der Waals surface area contributed by atoms with Gasteiger partial charge in [0.1, 0.15) is 6.61 Å². The van der Waals surface area contributed by atoms with Gasteiger partial charge in [-0.15, -0.1) is 0 Å². The van der Waals surface area contributed by atoms with Gasteiger partial charge in [0.2, 0.25) is 0 Å². The van der Waals surface area contributed by atoms with Crippen LogP contribution in [0.4, 0.5) is 10.5 Å². The van der Waals surface area contributed by atoms with Gasteiger partial charge in [0.05, 0.1) is 17.6 Å². The van der Waals surface area contributed by atoms with Crippen LogP contribution in [0.2, 0.25) is 0 Å². The van der Waals surface area contributed by atoms with Gasteiger partial charge in [-0.25, -0.2) is 4.79 Å². The minimum Gasteiger partial charge on any atom is -0.448 e. The summed E-state index contributed by atoms with van der Waals surface area (Å²) in [6, 6.07) is 13.7. The number of thioether (sulfide) groups is 5. The molecule has 0 bridgehead atoms. The number of nitrogens with one attached hydrogen (secondary N) is 1. The van der Waals surface area contributed by atoms with Gasteiger partial charge in [-0.1, -0.05) is 30.3 Å². The van der Waals surface area contributed by atoms with E-state index in [4.69, 9.17) is 4.74 Å². The van der Waals surface area contributed by atoms with Crippen LogP contribution in [0.5, 0.6) is 0 Å². The van der Waals surface area contributed by atoms with E-state index in [-0.39, 0.29) is 0 Å². The number of ether oxygens (including phenoxy) is 1. The van der Waals surface area contributed by atoms with Crippen molar-refractivity contribution in [3.05, 3.63) is 48.7 Å². The van der Waals surface area contributed by atoms with E-state index in [1.165, 1.54) is 40.3 Å². The summed E-state index contributed by atoms with van der Waals surface area (Å²) in [6.07, 6.45) is 1.22. The van der Waals surface area contributed by atoms with Crippen LogP contribution in [-0.4, -0.2) is 81.0 Å². The first-order chi connectivity index (χ1) is 16.8. The molecule has 0 saturated heterocycles. The lowest BCUT2D eigenvalue weighted by Crippen LogP contribution is -2.15. The van der Waals surface area contributed by atoms with Gasteiger partial charge in [0, 0.05) is 63.1 Å². The topological polar surface area (TPSA) is 51.2 Å². The van der Waals surface area contributed by atoms with Crippen LogP contribution >= 0.6 is 71.4 Å². The summed E-state index contributed by atoms with van der Waals surface area (Å²) in [5, 5.41) is 2.73. The lowest BCUT2D eigenvalue weighted by atomic mass is 10.1. The zero-order chi connectivity index (χ0) is 24.1. The Hall–Kier alpha value is -0.260. The van der Waals surface area contributed by atoms with E-state index in [0.717, 1.165) is 34.3 Å². The average molecular weight is 575 g/mol. The van der Waals surface area contributed by atoms with Gasteiger partial charge in [0.15, 0.2) is 0 Å². The molecule has 0 saturated carbocycles. The molecule has 1 N–H and O–H groups in total. The number of carbonyl (C=O) groups excluding carboxylic acids is 1. The summed E-state index contributed by atoms with van der Waals surface area (Å²) >= 11 is 14.2. The molecule has 1 aromatic heterocycles. The van der Waals surface area contributed by atoms with E-state index < -0.39 is 6.09 Å². The summed E-state index contributed by atoms with van der Waals surface area (Å²) in [5.74, 6) is 12.7. The summed E-state index contributed by atoms with van der Waals surface area (Å²) in [7, 11) is 0. The molecular weight excluding hydrogens is 541 g/mol. The molecule has 4 nitrogen and oxygen atoms in total. The van der Waals surface area contributed by atoms with Crippen molar-refractivity contribution in [1.82, 2.24) is 4.98 Å². The lowest BCUT2D eigenvalue weighted by molar-refractivity contribution is 0.169. The van der Waals surface area contributed by atoms with Gasteiger partial charge in [0.25, 0.3) is 0 Å². The molecule has 0 atom stereocenters. The molecule has 2 aromatic rings. The summed E-state index contributed by atoms with van der Waals surface area (Å²) in [5.41, 5.74) is 2.55. The van der Waals surface area contributed by atoms with Crippen LogP contribution in [0.25, 0.3) is 11.3 Å². The number of carbonyl (C=O) groups is 1. The van der Waals surface area contributed by atoms with Gasteiger partial charge in [-0.3, -0.25) is 10.3 Å². The number of benzene rings is 1. The highest BCUT2D eigenvalue weighted by atomic mass is 32.2. The van der Waals surface area contributed by atoms with Crippen molar-refractivity contribution >= 4 is 83.2 Å². The second-order valence-electron chi connectivity index (χ2n) is 6.84. The highest BCUT2D eigenvalue weighted by molar-refractivity contribution is 8.06. The second kappa shape index (κ2) is 20.9. The van der Waals surface area contributed by atoms with Crippen molar-refractivity contribution < 1.29 is 9.53 Å². The number of hydrogen-bond acceptors (Lipinski definition) is 9. The zero-order valence-electron chi connectivity index (χ0n) is 19.4. The molecule has 2 rings (SSSR count). The van der Waals surface area contributed by atoms with E-state index in [1.807, 2.05) is 77.8 Å². The molecule has 188 valence electrons. The van der Waals surface area contributed by atoms with Crippen LogP contribution in [0, 0.1) is 0 Å². The fourth-order valence-electron chi connectivity index (χ4n) is 2.64. The second-order valence-corrected chi connectivity index (χ2v) is 13.4. The number of aromatic nitrogens is 1. The monoisotopic (exact) mass is 574 g/mol. The molecule has 0 aliphatic carbocycles. The van der Waals surface area contributed by atoms with E-state index >= 15 is 0 Å². The van der Waals surface area contributed by atoms with E-state index in [2.05, 4.69) is 46.5 Å². The molecule has 10 heteroatoms. The van der Waals surface area contributed by atoms with Gasteiger partial charge < -0.3 is 4.74 Å². The molecule has 1 aromatic carbocycles. The average Bonchev–Trinajstić information content (AvgIpc) is 2.87. The molecule has 34 heavy (non-hydrogen) atoms. The molecule has 0 spiro atoms. The van der Waals surface area contributed by atoms with E-state index in [0.29, 0.717) is 12.3 Å². The number of anilines is 1. The number of amides is 1. The molecule has 0 unspecified atom stereocenters. The standard InChI is InChI=1S/C24H34N2O2S6/c27-24(26-22-6-7-23(25-20-22)21-4-2-1-3-5-21)28-8-10-30-12-14-32-16-18-34-19-17-33-15-13-31-11-9-29/h1-7,20,29H,8-19H2,(H,26,27). The first kappa shape index (κ1) is 30.0. The summed E-state index contributed by atoms with van der Waals surface area (Å²) in [4.78, 5) is 16.3. The third-order valence-electron chi connectivity index (χ3n) is 4.26. The van der Waals surface area contributed by atoms with Gasteiger partial charge >= 0.3 is 6.09 Å². The first-order valence-electron chi connectivity index (χ1n) is 11.2. The zero-order valence-corrected chi connectivity index (χ0v) is 24.3. The summed E-state index contributed by atoms with van der Waals surface area (Å²) in [6.45, 7) is 0.414. The number of pyridine rings is 1. The van der Waals surface area contributed by atoms with Crippen LogP contribution in [0.1, 0.15) is 0 Å². The number of nitrogens with zero attached hydrogens (tertiary/aromatic N) is 1. The van der Waals surface area contributed by atoms with Crippen LogP contribution < -0.4 is 5.32 Å². The van der Waals surface area contributed by atoms with Crippen LogP contribution in [0.15, 0.2) is 48.7 Å². The Labute approximate surface area is 231 Å². The third kappa shape index (κ3) is 15.0. The SMILES string of the molecule is O=C(Nc1ccc(-c2ccccc2)nc1)OCCSCCSCCSCCSCCSCCS. The minimum atomic E-state index is -0.434. The maximum absolute atomic E-state index is 11.9. The van der Waals surface area contributed by atoms with E-state index in [1.54, 1.807) is 6.20 Å². The highest BCUT2D eigenvalue weighted by Crippen LogP contribution is 2.18. The minimum absolute atomic E-state index is 0.414. The highest BCUT2D eigenvalue weighted by Gasteiger charge is 2.05. The maximum Gasteiger partial charge on any atom is 0.411 e. The maximum atomic E-state index is 11.9. The Kier molecular flexibility index (Phi) is 18.4. The predicted octanol–water partition coefficient (Wildman–Crippen LogP) is 6.89. The number of hydrogen-bond donors (Lipinski definition) is 2. The summed E-state index contributed by atoms with van der Waals surface area (Å²) < 4.78 is 5.26. The van der Waals surface area contributed by atoms with Crippen molar-refractivity contribution in [1.29, 1.82) is 0 Å². The molecule has 0 radical (unpaired) electrons. The predicted molar refractivity (Wildman–Crippen MR) is 165 cm³/mol. The van der Waals surface area contributed by atoms with Gasteiger partial charge in [-0.2, -0.15) is 71.4 Å². The van der Waals surface area contributed by atoms with Crippen LogP contribution in [0.3, 0.4) is 0 Å². The quantitative estimate of drug-likeness (QED) is 0.139. The van der Waals surface area contributed by atoms with Gasteiger partial charge in [-0.05, 0) is 17.9 Å². The number of rotatable bonds is 19. The Morgan fingerprint density at radius 3 is 1.85 bits per heavy atom. The molecule has 1 heterocycles. The normalized spacial score (nSPS) is 10.9. The largest absolute Gasteiger partial charge is 0.448 e. The Bertz CT molecular complexity index is 768. The van der Waals surface area contributed by atoms with Crippen molar-refractivity contribution in [3.8, 4) is 11.3 Å². The van der Waals surface area contributed by atoms with Crippen LogP contribution in [-0.2, 0) is 4.74 Å². The van der Waals surface area contributed by atoms with E-state index in [9.17, 15) is 4.79 Å². The van der Waals surface area contributed by atoms with Crippen molar-refractivity contribution in [2.45, 2.75) is 0 Å². The molecule has 0 aliphatic rings. The molecular formula is C24H34N2O2S6. The lowest BCUT2D eigenvalue weighted by Gasteiger charge is -2.08. The van der Waals surface area contributed by atoms with Crippen molar-refractivity contribution in [3.63, 3.8) is 0 Å². The Balaban J connectivity index is 1.37. The third-order valence-corrected chi connectivity index (χ3v) is 10.7. The molecule has 0 fully saturated rings. The molecule has 1 amide bonds. The number of thiol groups is 1. The first-order valence-corrected chi connectivity index (χ1v) is 17.6. The Morgan fingerprint density at radius 1 is 0.765 bits per heavy atom. The smallest absolute Gasteiger partial charge is 0.411 e. The fourth-order valence-corrected chi connectivity index (χ4v) is 8.15.